The van der Waals surface area contributed by atoms with E-state index in [0.717, 1.165) is 68.2 Å². The lowest BCUT2D eigenvalue weighted by molar-refractivity contribution is -0.268. The Bertz CT molecular complexity index is 1120. The molecule has 5 atom stereocenters. The highest BCUT2D eigenvalue weighted by molar-refractivity contribution is 5.89. The van der Waals surface area contributed by atoms with E-state index in [2.05, 4.69) is 27.7 Å². The van der Waals surface area contributed by atoms with Crippen LogP contribution < -0.4 is 4.74 Å². The molecule has 0 bridgehead atoms. The van der Waals surface area contributed by atoms with E-state index in [-0.39, 0.29) is 5.56 Å². The van der Waals surface area contributed by atoms with Crippen molar-refractivity contribution in [3.8, 4) is 5.75 Å². The second-order valence-electron chi connectivity index (χ2n) is 12.1. The second kappa shape index (κ2) is 21.4. The minimum atomic E-state index is -1.00. The van der Waals surface area contributed by atoms with Crippen molar-refractivity contribution in [2.75, 3.05) is 39.6 Å². The van der Waals surface area contributed by atoms with E-state index in [1.165, 1.54) is 0 Å². The van der Waals surface area contributed by atoms with Gasteiger partial charge in [0.1, 0.15) is 36.3 Å². The molecule has 8 heteroatoms. The maximum atomic E-state index is 12.7. The molecule has 1 heterocycles. The Kier molecular flexibility index (Phi) is 17.7. The predicted molar refractivity (Wildman–Crippen MR) is 181 cm³/mol. The third kappa shape index (κ3) is 11.6. The normalized spacial score (nSPS) is 21.4. The number of hydrogen-bond donors (Lipinski definition) is 1. The zero-order valence-corrected chi connectivity index (χ0v) is 28.8. The lowest BCUT2D eigenvalue weighted by Gasteiger charge is -2.46. The second-order valence-corrected chi connectivity index (χ2v) is 12.1. The van der Waals surface area contributed by atoms with Crippen LogP contribution in [0.25, 0.3) is 0 Å². The van der Waals surface area contributed by atoms with Gasteiger partial charge in [0, 0.05) is 26.4 Å². The van der Waals surface area contributed by atoms with Crippen molar-refractivity contribution in [1.29, 1.82) is 0 Å². The third-order valence-electron chi connectivity index (χ3n) is 8.28. The molecule has 2 aromatic rings. The van der Waals surface area contributed by atoms with Crippen molar-refractivity contribution in [3.63, 3.8) is 0 Å². The SMILES string of the molecule is CCCCOC[C@H]1O[C@@H](c2cc(Cc3ccc(OCC)cc3)ccc2C(=O)O)[C@H](OCCCC)[C@@H](OCCCC)[C@@H]1OCCCC. The first-order valence-electron chi connectivity index (χ1n) is 17.6. The standard InChI is InChI=1S/C38H58O8/c1-6-11-21-41-27-33-35(43-22-12-7-2)37(45-24-14-9-4)36(44-23-13-8-3)34(46-33)32-26-29(17-20-31(32)38(39)40)25-28-15-18-30(19-16-28)42-10-5/h15-20,26,33-37H,6-14,21-25,27H2,1-5H3,(H,39,40)/t33-,34+,35-,36+,37+/m1/s1. The van der Waals surface area contributed by atoms with E-state index in [0.29, 0.717) is 51.6 Å². The minimum absolute atomic E-state index is 0.202. The Labute approximate surface area is 277 Å². The largest absolute Gasteiger partial charge is 0.494 e. The van der Waals surface area contributed by atoms with Crippen LogP contribution in [0.2, 0.25) is 0 Å². The number of rotatable bonds is 23. The lowest BCUT2D eigenvalue weighted by atomic mass is 9.87. The summed E-state index contributed by atoms with van der Waals surface area (Å²) in [6, 6.07) is 13.6. The van der Waals surface area contributed by atoms with Gasteiger partial charge in [0.15, 0.2) is 0 Å². The van der Waals surface area contributed by atoms with Crippen molar-refractivity contribution in [1.82, 2.24) is 0 Å². The minimum Gasteiger partial charge on any atom is -0.494 e. The average Bonchev–Trinajstić information content (AvgIpc) is 3.05. The molecular weight excluding hydrogens is 584 g/mol. The third-order valence-corrected chi connectivity index (χ3v) is 8.28. The van der Waals surface area contributed by atoms with Crippen LogP contribution in [-0.2, 0) is 30.1 Å². The maximum absolute atomic E-state index is 12.7. The smallest absolute Gasteiger partial charge is 0.336 e. The number of ether oxygens (including phenoxy) is 6. The molecule has 8 nitrogen and oxygen atoms in total. The number of carboxylic acids is 1. The molecule has 0 radical (unpaired) electrons. The molecule has 0 saturated carbocycles. The molecule has 1 saturated heterocycles. The molecular formula is C38H58O8. The van der Waals surface area contributed by atoms with Gasteiger partial charge < -0.3 is 33.5 Å². The Morgan fingerprint density at radius 3 is 1.87 bits per heavy atom. The lowest BCUT2D eigenvalue weighted by Crippen LogP contribution is -2.58. The summed E-state index contributed by atoms with van der Waals surface area (Å²) >= 11 is 0. The summed E-state index contributed by atoms with van der Waals surface area (Å²) < 4.78 is 38.4. The molecule has 46 heavy (non-hydrogen) atoms. The zero-order valence-electron chi connectivity index (χ0n) is 28.8. The van der Waals surface area contributed by atoms with Crippen molar-refractivity contribution in [2.45, 2.75) is 123 Å². The van der Waals surface area contributed by atoms with Gasteiger partial charge in [0.05, 0.1) is 18.8 Å². The first-order valence-corrected chi connectivity index (χ1v) is 17.6. The zero-order chi connectivity index (χ0) is 33.1. The molecule has 2 aromatic carbocycles. The van der Waals surface area contributed by atoms with E-state index in [9.17, 15) is 9.90 Å². The van der Waals surface area contributed by atoms with Gasteiger partial charge in [-0.05, 0) is 73.9 Å². The van der Waals surface area contributed by atoms with Crippen molar-refractivity contribution < 1.29 is 38.3 Å². The summed E-state index contributed by atoms with van der Waals surface area (Å²) in [5, 5.41) is 10.4. The van der Waals surface area contributed by atoms with Gasteiger partial charge in [0.25, 0.3) is 0 Å². The van der Waals surface area contributed by atoms with Crippen LogP contribution in [0.15, 0.2) is 42.5 Å². The Balaban J connectivity index is 2.06. The number of hydrogen-bond acceptors (Lipinski definition) is 7. The fourth-order valence-electron chi connectivity index (χ4n) is 5.67. The molecule has 3 rings (SSSR count). The summed E-state index contributed by atoms with van der Waals surface area (Å²) in [7, 11) is 0. The molecule has 1 aliphatic rings. The number of carboxylic acid groups (broad SMARTS) is 1. The highest BCUT2D eigenvalue weighted by Crippen LogP contribution is 2.39. The highest BCUT2D eigenvalue weighted by atomic mass is 16.6. The van der Waals surface area contributed by atoms with Gasteiger partial charge in [-0.2, -0.15) is 0 Å². The summed E-state index contributed by atoms with van der Waals surface area (Å²) in [6.07, 6.45) is 5.75. The fraction of sp³-hybridized carbons (Fsp3) is 0.658. The van der Waals surface area contributed by atoms with Gasteiger partial charge in [-0.3, -0.25) is 0 Å². The number of carbonyl (C=O) groups is 1. The van der Waals surface area contributed by atoms with Crippen LogP contribution in [0.4, 0.5) is 0 Å². The van der Waals surface area contributed by atoms with Crippen LogP contribution in [-0.4, -0.2) is 75.1 Å². The van der Waals surface area contributed by atoms with Gasteiger partial charge in [0.2, 0.25) is 0 Å². The molecule has 258 valence electrons. The first-order chi connectivity index (χ1) is 22.5. The summed E-state index contributed by atoms with van der Waals surface area (Å²) in [6.45, 7) is 13.7. The van der Waals surface area contributed by atoms with Crippen LogP contribution in [0.5, 0.6) is 5.75 Å². The topological polar surface area (TPSA) is 92.7 Å². The Morgan fingerprint density at radius 2 is 1.28 bits per heavy atom. The first kappa shape index (κ1) is 38.0. The average molecular weight is 643 g/mol. The molecule has 0 unspecified atom stereocenters. The molecule has 0 aromatic heterocycles. The molecule has 1 fully saturated rings. The van der Waals surface area contributed by atoms with E-state index in [4.69, 9.17) is 28.4 Å². The highest BCUT2D eigenvalue weighted by Gasteiger charge is 2.49. The molecule has 0 spiro atoms. The molecule has 0 amide bonds. The monoisotopic (exact) mass is 642 g/mol. The van der Waals surface area contributed by atoms with E-state index >= 15 is 0 Å². The fourth-order valence-corrected chi connectivity index (χ4v) is 5.67. The van der Waals surface area contributed by atoms with E-state index in [1.54, 1.807) is 6.07 Å². The van der Waals surface area contributed by atoms with Crippen molar-refractivity contribution >= 4 is 5.97 Å². The summed E-state index contributed by atoms with van der Waals surface area (Å²) in [5.74, 6) is -0.174. The van der Waals surface area contributed by atoms with Gasteiger partial charge in [-0.25, -0.2) is 4.79 Å². The van der Waals surface area contributed by atoms with Crippen LogP contribution in [0.1, 0.15) is 119 Å². The van der Waals surface area contributed by atoms with Gasteiger partial charge >= 0.3 is 5.97 Å². The van der Waals surface area contributed by atoms with Crippen LogP contribution >= 0.6 is 0 Å². The summed E-state index contributed by atoms with van der Waals surface area (Å²) in [4.78, 5) is 12.7. The Hall–Kier alpha value is -2.49. The van der Waals surface area contributed by atoms with E-state index in [1.807, 2.05) is 43.3 Å². The quantitative estimate of drug-likeness (QED) is 0.121. The Morgan fingerprint density at radius 1 is 0.717 bits per heavy atom. The molecule has 0 aliphatic carbocycles. The molecule has 1 aliphatic heterocycles. The van der Waals surface area contributed by atoms with E-state index < -0.39 is 36.5 Å². The maximum Gasteiger partial charge on any atom is 0.336 e. The van der Waals surface area contributed by atoms with Gasteiger partial charge in [-0.15, -0.1) is 0 Å². The number of unbranched alkanes of at least 4 members (excludes halogenated alkanes) is 4. The van der Waals surface area contributed by atoms with Crippen LogP contribution in [0.3, 0.4) is 0 Å². The predicted octanol–water partition coefficient (Wildman–Crippen LogP) is 8.19. The van der Waals surface area contributed by atoms with Gasteiger partial charge in [-0.1, -0.05) is 77.6 Å². The van der Waals surface area contributed by atoms with Crippen LogP contribution in [0, 0.1) is 0 Å². The summed E-state index contributed by atoms with van der Waals surface area (Å²) in [5.41, 5.74) is 2.88. The molecule has 1 N–H and O–H groups in total. The van der Waals surface area contributed by atoms with Crippen molar-refractivity contribution in [2.24, 2.45) is 0 Å². The number of benzene rings is 2. The van der Waals surface area contributed by atoms with Crippen molar-refractivity contribution in [3.05, 3.63) is 64.7 Å². The number of aromatic carboxylic acids is 1.